The van der Waals surface area contributed by atoms with Crippen LogP contribution in [0.2, 0.25) is 0 Å². The topological polar surface area (TPSA) is 26.3 Å². The third-order valence-corrected chi connectivity index (χ3v) is 0.761. The van der Waals surface area contributed by atoms with Crippen molar-refractivity contribution in [2.75, 3.05) is 6.61 Å². The molecule has 0 saturated heterocycles. The Hall–Kier alpha value is -0.535. The summed E-state index contributed by atoms with van der Waals surface area (Å²) in [5.41, 5.74) is -1.85. The van der Waals surface area contributed by atoms with Crippen LogP contribution in [0.3, 0.4) is 0 Å². The van der Waals surface area contributed by atoms with Gasteiger partial charge in [-0.05, 0) is 13.8 Å². The van der Waals surface area contributed by atoms with Gasteiger partial charge in [-0.25, -0.2) is 9.18 Å². The average Bonchev–Trinajstić information content (AvgIpc) is 1.64. The minimum Gasteiger partial charge on any atom is -0.464 e. The summed E-state index contributed by atoms with van der Waals surface area (Å²) in [6.45, 7) is 3.04. The SMILES string of the molecule is BC(C)(F)C(=O)OCC. The van der Waals surface area contributed by atoms with Gasteiger partial charge in [0.25, 0.3) is 0 Å². The van der Waals surface area contributed by atoms with E-state index in [1.165, 1.54) is 14.8 Å². The number of carbonyl (C=O) groups excluding carboxylic acids is 1. The lowest BCUT2D eigenvalue weighted by Gasteiger charge is -2.11. The van der Waals surface area contributed by atoms with Crippen LogP contribution in [-0.4, -0.2) is 26.0 Å². The minimum atomic E-state index is -1.85. The van der Waals surface area contributed by atoms with Crippen molar-refractivity contribution in [1.82, 2.24) is 0 Å². The van der Waals surface area contributed by atoms with E-state index in [0.717, 1.165) is 0 Å². The number of carbonyl (C=O) groups is 1. The Morgan fingerprint density at radius 1 is 1.89 bits per heavy atom. The Kier molecular flexibility index (Phi) is 2.68. The van der Waals surface area contributed by atoms with Gasteiger partial charge in [-0.1, -0.05) is 0 Å². The highest BCUT2D eigenvalue weighted by Gasteiger charge is 2.27. The van der Waals surface area contributed by atoms with Crippen molar-refractivity contribution in [3.05, 3.63) is 0 Å². The highest BCUT2D eigenvalue weighted by molar-refractivity contribution is 6.25. The van der Waals surface area contributed by atoms with E-state index in [4.69, 9.17) is 0 Å². The molecule has 0 amide bonds. The minimum absolute atomic E-state index is 0.228. The molecule has 0 saturated carbocycles. The lowest BCUT2D eigenvalue weighted by atomic mass is 9.86. The first kappa shape index (κ1) is 8.46. The third-order valence-electron chi connectivity index (χ3n) is 0.761. The molecule has 0 aliphatic rings. The molecule has 0 N–H and O–H groups in total. The predicted octanol–water partition coefficient (Wildman–Crippen LogP) is -0.132. The van der Waals surface area contributed by atoms with Crippen LogP contribution in [0.1, 0.15) is 13.8 Å². The fourth-order valence-electron chi connectivity index (χ4n) is 0.303. The largest absolute Gasteiger partial charge is 0.464 e. The normalized spacial score (nSPS) is 16.3. The van der Waals surface area contributed by atoms with Crippen LogP contribution >= 0.6 is 0 Å². The molecular weight excluding hydrogens is 122 g/mol. The van der Waals surface area contributed by atoms with Crippen LogP contribution in [0.15, 0.2) is 0 Å². The van der Waals surface area contributed by atoms with Crippen LogP contribution in [0, 0.1) is 0 Å². The zero-order valence-corrected chi connectivity index (χ0v) is 5.90. The molecule has 0 aromatic rings. The molecule has 0 rings (SSSR count). The van der Waals surface area contributed by atoms with E-state index < -0.39 is 11.5 Å². The first-order valence-corrected chi connectivity index (χ1v) is 2.84. The van der Waals surface area contributed by atoms with E-state index in [-0.39, 0.29) is 6.61 Å². The van der Waals surface area contributed by atoms with E-state index in [9.17, 15) is 9.18 Å². The van der Waals surface area contributed by atoms with E-state index in [2.05, 4.69) is 4.74 Å². The smallest absolute Gasteiger partial charge is 0.334 e. The molecule has 9 heavy (non-hydrogen) atoms. The standard InChI is InChI=1S/C5H10BFO2/c1-3-9-4(8)5(2,6)7/h3,6H2,1-2H3. The second-order valence-electron chi connectivity index (χ2n) is 2.19. The molecule has 0 heterocycles. The Bertz CT molecular complexity index is 108. The number of esters is 1. The molecule has 4 heteroatoms. The lowest BCUT2D eigenvalue weighted by Crippen LogP contribution is -2.32. The van der Waals surface area contributed by atoms with E-state index >= 15 is 0 Å². The van der Waals surface area contributed by atoms with Gasteiger partial charge in [0.15, 0.2) is 13.4 Å². The fourth-order valence-corrected chi connectivity index (χ4v) is 0.303. The summed E-state index contributed by atoms with van der Waals surface area (Å²) in [6, 6.07) is 0. The lowest BCUT2D eigenvalue weighted by molar-refractivity contribution is -0.150. The number of alkyl halides is 1. The van der Waals surface area contributed by atoms with Crippen molar-refractivity contribution in [3.63, 3.8) is 0 Å². The summed E-state index contributed by atoms with van der Waals surface area (Å²) in [5, 5.41) is 0. The molecule has 1 atom stereocenters. The predicted molar refractivity (Wildman–Crippen MR) is 34.7 cm³/mol. The first-order valence-electron chi connectivity index (χ1n) is 2.84. The molecule has 0 bridgehead atoms. The van der Waals surface area contributed by atoms with Gasteiger partial charge < -0.3 is 4.74 Å². The monoisotopic (exact) mass is 132 g/mol. The molecule has 1 unspecified atom stereocenters. The summed E-state index contributed by atoms with van der Waals surface area (Å²) in [5.74, 6) is -0.801. The van der Waals surface area contributed by atoms with Gasteiger partial charge >= 0.3 is 5.97 Å². The third kappa shape index (κ3) is 3.11. The number of hydrogen-bond donors (Lipinski definition) is 0. The van der Waals surface area contributed by atoms with E-state index in [1.54, 1.807) is 6.92 Å². The number of rotatable bonds is 2. The molecular formula is C5H10BFO2. The summed E-state index contributed by atoms with van der Waals surface area (Å²) in [4.78, 5) is 10.5. The molecule has 0 aliphatic heterocycles. The van der Waals surface area contributed by atoms with Gasteiger partial charge in [0, 0.05) is 0 Å². The van der Waals surface area contributed by atoms with E-state index in [1.807, 2.05) is 0 Å². The number of ether oxygens (including phenoxy) is 1. The Morgan fingerprint density at radius 2 is 2.33 bits per heavy atom. The molecule has 52 valence electrons. The van der Waals surface area contributed by atoms with Gasteiger partial charge in [-0.3, -0.25) is 0 Å². The Morgan fingerprint density at radius 3 is 2.44 bits per heavy atom. The molecule has 0 aliphatic carbocycles. The molecule has 0 spiro atoms. The van der Waals surface area contributed by atoms with Gasteiger partial charge in [0.05, 0.1) is 6.61 Å². The maximum Gasteiger partial charge on any atom is 0.334 e. The van der Waals surface area contributed by atoms with Gasteiger partial charge in [-0.2, -0.15) is 0 Å². The van der Waals surface area contributed by atoms with Crippen LogP contribution in [0.25, 0.3) is 0 Å². The highest BCUT2D eigenvalue weighted by Crippen LogP contribution is 2.05. The summed E-state index contributed by atoms with van der Waals surface area (Å²) in [6.07, 6.45) is 0. The van der Waals surface area contributed by atoms with Gasteiger partial charge in [0.2, 0.25) is 0 Å². The summed E-state index contributed by atoms with van der Waals surface area (Å²) >= 11 is 0. The second-order valence-corrected chi connectivity index (χ2v) is 2.19. The average molecular weight is 132 g/mol. The Labute approximate surface area is 54.8 Å². The second kappa shape index (κ2) is 2.85. The van der Waals surface area contributed by atoms with Crippen LogP contribution in [0.5, 0.6) is 0 Å². The van der Waals surface area contributed by atoms with Gasteiger partial charge in [0.1, 0.15) is 0 Å². The van der Waals surface area contributed by atoms with Crippen LogP contribution in [0.4, 0.5) is 4.39 Å². The van der Waals surface area contributed by atoms with Crippen molar-refractivity contribution in [1.29, 1.82) is 0 Å². The molecule has 0 radical (unpaired) electrons. The van der Waals surface area contributed by atoms with Crippen molar-refractivity contribution >= 4 is 13.8 Å². The molecule has 0 aromatic heterocycles. The number of halogens is 1. The maximum absolute atomic E-state index is 12.5. The number of hydrogen-bond acceptors (Lipinski definition) is 2. The zero-order chi connectivity index (χ0) is 7.49. The quantitative estimate of drug-likeness (QED) is 0.386. The highest BCUT2D eigenvalue weighted by atomic mass is 19.1. The van der Waals surface area contributed by atoms with E-state index in [0.29, 0.717) is 0 Å². The van der Waals surface area contributed by atoms with Crippen LogP contribution < -0.4 is 0 Å². The fraction of sp³-hybridized carbons (Fsp3) is 0.800. The molecule has 0 aromatic carbocycles. The zero-order valence-electron chi connectivity index (χ0n) is 5.90. The van der Waals surface area contributed by atoms with Crippen LogP contribution in [-0.2, 0) is 9.53 Å². The van der Waals surface area contributed by atoms with Crippen molar-refractivity contribution in [3.8, 4) is 0 Å². The summed E-state index contributed by atoms with van der Waals surface area (Å²) < 4.78 is 16.9. The first-order chi connectivity index (χ1) is 3.98. The van der Waals surface area contributed by atoms with Crippen molar-refractivity contribution < 1.29 is 13.9 Å². The maximum atomic E-state index is 12.5. The molecule has 0 fully saturated rings. The van der Waals surface area contributed by atoms with Crippen molar-refractivity contribution in [2.45, 2.75) is 19.4 Å². The summed E-state index contributed by atoms with van der Waals surface area (Å²) in [7, 11) is 1.17. The molecule has 2 nitrogen and oxygen atoms in total. The van der Waals surface area contributed by atoms with Gasteiger partial charge in [-0.15, -0.1) is 0 Å². The Balaban J connectivity index is 3.74. The van der Waals surface area contributed by atoms with Crippen molar-refractivity contribution in [2.24, 2.45) is 0 Å².